The fraction of sp³-hybridized carbons (Fsp3) is 0.278. The second kappa shape index (κ2) is 8.48. The summed E-state index contributed by atoms with van der Waals surface area (Å²) in [5.74, 6) is 2.71. The van der Waals surface area contributed by atoms with Crippen molar-refractivity contribution in [2.24, 2.45) is 0 Å². The van der Waals surface area contributed by atoms with Crippen LogP contribution in [0.1, 0.15) is 11.1 Å². The number of benzene rings is 1. The zero-order valence-electron chi connectivity index (χ0n) is 13.7. The van der Waals surface area contributed by atoms with Crippen LogP contribution >= 0.6 is 12.6 Å². The average Bonchev–Trinajstić information content (AvgIpc) is 2.60. The minimum Gasteiger partial charge on any atom is -0.493 e. The van der Waals surface area contributed by atoms with Crippen molar-refractivity contribution in [3.63, 3.8) is 0 Å². The van der Waals surface area contributed by atoms with Crippen molar-refractivity contribution in [1.29, 1.82) is 0 Å². The van der Waals surface area contributed by atoms with Crippen LogP contribution in [-0.2, 0) is 6.54 Å². The largest absolute Gasteiger partial charge is 0.493 e. The number of ether oxygens (including phenoxy) is 3. The molecule has 0 aliphatic carbocycles. The van der Waals surface area contributed by atoms with Crippen molar-refractivity contribution in [2.45, 2.75) is 6.54 Å². The van der Waals surface area contributed by atoms with Crippen LogP contribution in [0.5, 0.6) is 17.2 Å². The highest BCUT2D eigenvalue weighted by molar-refractivity contribution is 7.80. The summed E-state index contributed by atoms with van der Waals surface area (Å²) in [5.41, 5.74) is 2.10. The van der Waals surface area contributed by atoms with Gasteiger partial charge in [0.15, 0.2) is 30.4 Å². The molecule has 2 rings (SSSR count). The number of methoxy groups -OCH3 is 3. The highest BCUT2D eigenvalue weighted by atomic mass is 32.1. The van der Waals surface area contributed by atoms with E-state index in [1.807, 2.05) is 36.7 Å². The van der Waals surface area contributed by atoms with Crippen LogP contribution < -0.4 is 18.8 Å². The average molecular weight is 332 g/mol. The molecule has 1 heterocycles. The lowest BCUT2D eigenvalue weighted by molar-refractivity contribution is -0.692. The van der Waals surface area contributed by atoms with Gasteiger partial charge in [0.05, 0.1) is 21.3 Å². The van der Waals surface area contributed by atoms with Gasteiger partial charge in [-0.1, -0.05) is 12.2 Å². The highest BCUT2D eigenvalue weighted by Gasteiger charge is 2.11. The standard InChI is InChI=1S/C18H21NO3S/c1-20-16-12-15(13-17(21-2)18(16)22-3)5-4-14-6-8-19(9-7-14)10-11-23/h4-9,12-13H,10-11H2,1-3H3/p+1/b5-4+. The van der Waals surface area contributed by atoms with Gasteiger partial charge in [0, 0.05) is 17.9 Å². The molecule has 0 atom stereocenters. The first-order valence-corrected chi connectivity index (χ1v) is 7.93. The molecule has 1 aromatic heterocycles. The molecule has 0 amide bonds. The number of aryl methyl sites for hydroxylation is 1. The quantitative estimate of drug-likeness (QED) is 0.624. The zero-order chi connectivity index (χ0) is 16.7. The molecule has 4 nitrogen and oxygen atoms in total. The van der Waals surface area contributed by atoms with Crippen molar-refractivity contribution in [2.75, 3.05) is 27.1 Å². The molecular weight excluding hydrogens is 310 g/mol. The van der Waals surface area contributed by atoms with Crippen molar-refractivity contribution in [3.05, 3.63) is 47.8 Å². The number of pyridine rings is 1. The second-order valence-electron chi connectivity index (χ2n) is 4.88. The van der Waals surface area contributed by atoms with Crippen molar-refractivity contribution >= 4 is 24.8 Å². The molecule has 122 valence electrons. The Labute approximate surface area is 142 Å². The number of thiol groups is 1. The van der Waals surface area contributed by atoms with E-state index in [-0.39, 0.29) is 0 Å². The van der Waals surface area contributed by atoms with Crippen molar-refractivity contribution in [3.8, 4) is 17.2 Å². The minimum absolute atomic E-state index is 0.597. The van der Waals surface area contributed by atoms with Crippen molar-refractivity contribution in [1.82, 2.24) is 0 Å². The Kier molecular flexibility index (Phi) is 6.35. The van der Waals surface area contributed by atoms with Crippen LogP contribution in [0.25, 0.3) is 12.2 Å². The van der Waals surface area contributed by atoms with Gasteiger partial charge < -0.3 is 14.2 Å². The lowest BCUT2D eigenvalue weighted by atomic mass is 10.1. The number of rotatable bonds is 7. The second-order valence-corrected chi connectivity index (χ2v) is 5.33. The molecule has 0 saturated heterocycles. The number of hydrogen-bond donors (Lipinski definition) is 1. The molecule has 0 saturated carbocycles. The topological polar surface area (TPSA) is 31.6 Å². The molecular formula is C18H22NO3S+. The summed E-state index contributed by atoms with van der Waals surface area (Å²) in [4.78, 5) is 0. The van der Waals surface area contributed by atoms with Crippen LogP contribution in [0, 0.1) is 0 Å². The molecule has 0 fully saturated rings. The summed E-state index contributed by atoms with van der Waals surface area (Å²) in [6.45, 7) is 0.903. The summed E-state index contributed by atoms with van der Waals surface area (Å²) in [7, 11) is 4.82. The van der Waals surface area contributed by atoms with Crippen LogP contribution in [0.3, 0.4) is 0 Å². The van der Waals surface area contributed by atoms with E-state index >= 15 is 0 Å². The molecule has 23 heavy (non-hydrogen) atoms. The molecule has 0 unspecified atom stereocenters. The maximum atomic E-state index is 5.36. The smallest absolute Gasteiger partial charge is 0.203 e. The van der Waals surface area contributed by atoms with E-state index in [2.05, 4.69) is 29.3 Å². The SMILES string of the molecule is COc1cc(/C=C/c2cc[n+](CCS)cc2)cc(OC)c1OC. The Balaban J connectivity index is 2.24. The summed E-state index contributed by atoms with van der Waals surface area (Å²) >= 11 is 4.23. The highest BCUT2D eigenvalue weighted by Crippen LogP contribution is 2.38. The maximum Gasteiger partial charge on any atom is 0.203 e. The molecule has 5 heteroatoms. The molecule has 0 aliphatic heterocycles. The number of nitrogens with zero attached hydrogens (tertiary/aromatic N) is 1. The molecule has 0 radical (unpaired) electrons. The first-order valence-electron chi connectivity index (χ1n) is 7.30. The normalized spacial score (nSPS) is 10.8. The zero-order valence-corrected chi connectivity index (χ0v) is 14.5. The lowest BCUT2D eigenvalue weighted by Gasteiger charge is -2.12. The fourth-order valence-electron chi connectivity index (χ4n) is 2.23. The predicted octanol–water partition coefficient (Wildman–Crippen LogP) is 3.10. The monoisotopic (exact) mass is 332 g/mol. The molecule has 2 aromatic rings. The van der Waals surface area contributed by atoms with Gasteiger partial charge in [-0.05, 0) is 23.3 Å². The third-order valence-electron chi connectivity index (χ3n) is 3.43. The first-order chi connectivity index (χ1) is 11.2. The molecule has 0 spiro atoms. The Morgan fingerprint density at radius 1 is 0.913 bits per heavy atom. The van der Waals surface area contributed by atoms with E-state index < -0.39 is 0 Å². The van der Waals surface area contributed by atoms with Crippen LogP contribution in [0.2, 0.25) is 0 Å². The molecule has 1 aromatic carbocycles. The van der Waals surface area contributed by atoms with Crippen LogP contribution in [0.4, 0.5) is 0 Å². The number of aromatic nitrogens is 1. The van der Waals surface area contributed by atoms with Gasteiger partial charge in [0.25, 0.3) is 0 Å². The van der Waals surface area contributed by atoms with Gasteiger partial charge in [0.2, 0.25) is 5.75 Å². The van der Waals surface area contributed by atoms with Crippen LogP contribution in [-0.4, -0.2) is 27.1 Å². The predicted molar refractivity (Wildman–Crippen MR) is 95.5 cm³/mol. The molecule has 0 bridgehead atoms. The van der Waals surface area contributed by atoms with E-state index in [1.165, 1.54) is 0 Å². The summed E-state index contributed by atoms with van der Waals surface area (Å²) in [6, 6.07) is 7.97. The fourth-order valence-corrected chi connectivity index (χ4v) is 2.47. The van der Waals surface area contributed by atoms with E-state index in [9.17, 15) is 0 Å². The molecule has 0 N–H and O–H groups in total. The van der Waals surface area contributed by atoms with E-state index in [1.54, 1.807) is 21.3 Å². The third-order valence-corrected chi connectivity index (χ3v) is 3.63. The summed E-state index contributed by atoms with van der Waals surface area (Å²) < 4.78 is 18.2. The lowest BCUT2D eigenvalue weighted by Crippen LogP contribution is -2.33. The van der Waals surface area contributed by atoms with Gasteiger partial charge in [-0.2, -0.15) is 12.6 Å². The van der Waals surface area contributed by atoms with Gasteiger partial charge in [-0.25, -0.2) is 4.57 Å². The van der Waals surface area contributed by atoms with Gasteiger partial charge in [0.1, 0.15) is 0 Å². The Hall–Kier alpha value is -2.14. The number of hydrogen-bond acceptors (Lipinski definition) is 4. The Morgan fingerprint density at radius 2 is 1.48 bits per heavy atom. The van der Waals surface area contributed by atoms with Gasteiger partial charge in [-0.3, -0.25) is 0 Å². The Morgan fingerprint density at radius 3 is 1.96 bits per heavy atom. The third kappa shape index (κ3) is 4.42. The minimum atomic E-state index is 0.597. The van der Waals surface area contributed by atoms with E-state index in [0.717, 1.165) is 23.4 Å². The first kappa shape index (κ1) is 17.2. The summed E-state index contributed by atoms with van der Waals surface area (Å²) in [6.07, 6.45) is 8.16. The Bertz CT molecular complexity index is 643. The van der Waals surface area contributed by atoms with Crippen LogP contribution in [0.15, 0.2) is 36.7 Å². The van der Waals surface area contributed by atoms with E-state index in [0.29, 0.717) is 17.2 Å². The van der Waals surface area contributed by atoms with Gasteiger partial charge >= 0.3 is 0 Å². The van der Waals surface area contributed by atoms with E-state index in [4.69, 9.17) is 14.2 Å². The molecule has 0 aliphatic rings. The maximum absolute atomic E-state index is 5.36. The van der Waals surface area contributed by atoms with Crippen molar-refractivity contribution < 1.29 is 18.8 Å². The van der Waals surface area contributed by atoms with Gasteiger partial charge in [-0.15, -0.1) is 0 Å². The summed E-state index contributed by atoms with van der Waals surface area (Å²) in [5, 5.41) is 0.